The van der Waals surface area contributed by atoms with Crippen molar-refractivity contribution in [2.24, 2.45) is 11.8 Å². The van der Waals surface area contributed by atoms with E-state index >= 15 is 0 Å². The van der Waals surface area contributed by atoms with Crippen molar-refractivity contribution in [1.82, 2.24) is 5.32 Å². The van der Waals surface area contributed by atoms with Crippen molar-refractivity contribution in [2.75, 3.05) is 20.2 Å². The summed E-state index contributed by atoms with van der Waals surface area (Å²) in [5.41, 5.74) is 0.265. The van der Waals surface area contributed by atoms with Gasteiger partial charge in [0.2, 0.25) is 0 Å². The molecule has 17 heavy (non-hydrogen) atoms. The minimum atomic E-state index is -0.690. The van der Waals surface area contributed by atoms with Crippen molar-refractivity contribution in [2.45, 2.75) is 18.4 Å². The van der Waals surface area contributed by atoms with Gasteiger partial charge in [0, 0.05) is 5.56 Å². The molecule has 2 N–H and O–H groups in total. The molecule has 1 aromatic rings. The molecule has 1 heterocycles. The van der Waals surface area contributed by atoms with Crippen LogP contribution in [0.4, 0.5) is 0 Å². The first kappa shape index (κ1) is 11.1. The summed E-state index contributed by atoms with van der Waals surface area (Å²) < 4.78 is 5.37. The lowest BCUT2D eigenvalue weighted by Crippen LogP contribution is -2.26. The molecule has 0 bridgehead atoms. The Hall–Kier alpha value is -1.06. The highest BCUT2D eigenvalue weighted by atomic mass is 16.5. The van der Waals surface area contributed by atoms with Crippen molar-refractivity contribution in [3.63, 3.8) is 0 Å². The second kappa shape index (κ2) is 4.00. The third-order valence-electron chi connectivity index (χ3n) is 4.29. The van der Waals surface area contributed by atoms with E-state index in [1.54, 1.807) is 7.11 Å². The fourth-order valence-corrected chi connectivity index (χ4v) is 3.46. The normalized spacial score (nSPS) is 35.9. The van der Waals surface area contributed by atoms with Crippen molar-refractivity contribution in [3.8, 4) is 5.75 Å². The van der Waals surface area contributed by atoms with Crippen LogP contribution in [0, 0.1) is 11.8 Å². The van der Waals surface area contributed by atoms with Crippen LogP contribution in [0.2, 0.25) is 0 Å². The van der Waals surface area contributed by atoms with E-state index in [4.69, 9.17) is 4.74 Å². The number of methoxy groups -OCH3 is 1. The zero-order chi connectivity index (χ0) is 11.9. The Kier molecular flexibility index (Phi) is 2.60. The predicted molar refractivity (Wildman–Crippen MR) is 66.0 cm³/mol. The summed E-state index contributed by atoms with van der Waals surface area (Å²) in [6, 6.07) is 7.85. The number of hydrogen-bond donors (Lipinski definition) is 2. The number of fused-ring (bicyclic) bond motifs is 1. The van der Waals surface area contributed by atoms with Gasteiger partial charge in [-0.2, -0.15) is 0 Å². The van der Waals surface area contributed by atoms with E-state index in [0.717, 1.165) is 37.2 Å². The zero-order valence-corrected chi connectivity index (χ0v) is 10.1. The van der Waals surface area contributed by atoms with E-state index in [1.807, 2.05) is 24.3 Å². The van der Waals surface area contributed by atoms with Gasteiger partial charge in [0.1, 0.15) is 5.75 Å². The smallest absolute Gasteiger partial charge is 0.124 e. The Balaban J connectivity index is 1.93. The zero-order valence-electron chi connectivity index (χ0n) is 10.1. The standard InChI is InChI=1S/C14H19NO2/c1-17-13-5-3-2-4-12(13)14(16)6-10-8-15-9-11(10)7-14/h2-5,10-11,15-16H,6-9H2,1H3. The van der Waals surface area contributed by atoms with E-state index in [-0.39, 0.29) is 0 Å². The molecule has 3 rings (SSSR count). The average molecular weight is 233 g/mol. The Labute approximate surface area is 102 Å². The number of para-hydroxylation sites is 1. The number of rotatable bonds is 2. The summed E-state index contributed by atoms with van der Waals surface area (Å²) >= 11 is 0. The van der Waals surface area contributed by atoms with Crippen LogP contribution in [0.5, 0.6) is 5.75 Å². The second-order valence-electron chi connectivity index (χ2n) is 5.32. The SMILES string of the molecule is COc1ccccc1C1(O)CC2CNCC2C1. The molecular weight excluding hydrogens is 214 g/mol. The van der Waals surface area contributed by atoms with Crippen molar-refractivity contribution in [3.05, 3.63) is 29.8 Å². The summed E-state index contributed by atoms with van der Waals surface area (Å²) in [6.45, 7) is 2.09. The van der Waals surface area contributed by atoms with E-state index in [9.17, 15) is 5.11 Å². The van der Waals surface area contributed by atoms with Crippen LogP contribution in [-0.2, 0) is 5.60 Å². The van der Waals surface area contributed by atoms with E-state index in [1.165, 1.54) is 0 Å². The molecule has 3 nitrogen and oxygen atoms in total. The first-order valence-electron chi connectivity index (χ1n) is 6.29. The number of benzene rings is 1. The molecule has 1 aliphatic carbocycles. The topological polar surface area (TPSA) is 41.5 Å². The fraction of sp³-hybridized carbons (Fsp3) is 0.571. The molecule has 1 saturated carbocycles. The van der Waals surface area contributed by atoms with Gasteiger partial charge in [0.05, 0.1) is 12.7 Å². The Bertz CT molecular complexity index is 406. The van der Waals surface area contributed by atoms with Crippen LogP contribution in [0.3, 0.4) is 0 Å². The molecule has 0 aromatic heterocycles. The van der Waals surface area contributed by atoms with Gasteiger partial charge >= 0.3 is 0 Å². The van der Waals surface area contributed by atoms with Gasteiger partial charge in [-0.05, 0) is 43.8 Å². The Morgan fingerprint density at radius 1 is 1.24 bits per heavy atom. The molecule has 1 aliphatic heterocycles. The molecule has 92 valence electrons. The van der Waals surface area contributed by atoms with Crippen LogP contribution in [-0.4, -0.2) is 25.3 Å². The molecule has 2 aliphatic rings. The highest BCUT2D eigenvalue weighted by Gasteiger charge is 2.47. The second-order valence-corrected chi connectivity index (χ2v) is 5.32. The van der Waals surface area contributed by atoms with Gasteiger partial charge in [-0.25, -0.2) is 0 Å². The van der Waals surface area contributed by atoms with E-state index in [2.05, 4.69) is 5.32 Å². The van der Waals surface area contributed by atoms with Gasteiger partial charge in [-0.1, -0.05) is 18.2 Å². The minimum absolute atomic E-state index is 0.616. The van der Waals surface area contributed by atoms with Gasteiger partial charge in [0.15, 0.2) is 0 Å². The van der Waals surface area contributed by atoms with Crippen molar-refractivity contribution >= 4 is 0 Å². The summed E-state index contributed by atoms with van der Waals surface area (Å²) in [7, 11) is 1.67. The van der Waals surface area contributed by atoms with Crippen LogP contribution in [0.25, 0.3) is 0 Å². The lowest BCUT2D eigenvalue weighted by atomic mass is 9.90. The average Bonchev–Trinajstić information content (AvgIpc) is 2.87. The van der Waals surface area contributed by atoms with Crippen LogP contribution < -0.4 is 10.1 Å². The number of ether oxygens (including phenoxy) is 1. The largest absolute Gasteiger partial charge is 0.496 e. The lowest BCUT2D eigenvalue weighted by Gasteiger charge is -2.26. The molecule has 3 heteroatoms. The van der Waals surface area contributed by atoms with E-state index < -0.39 is 5.60 Å². The van der Waals surface area contributed by atoms with Gasteiger partial charge in [-0.15, -0.1) is 0 Å². The molecule has 0 radical (unpaired) electrons. The lowest BCUT2D eigenvalue weighted by molar-refractivity contribution is 0.0335. The highest BCUT2D eigenvalue weighted by molar-refractivity contribution is 5.39. The molecule has 2 fully saturated rings. The minimum Gasteiger partial charge on any atom is -0.496 e. The summed E-state index contributed by atoms with van der Waals surface area (Å²) in [5, 5.41) is 14.3. The molecule has 0 spiro atoms. The fourth-order valence-electron chi connectivity index (χ4n) is 3.46. The Morgan fingerprint density at radius 2 is 1.88 bits per heavy atom. The molecule has 0 amide bonds. The number of nitrogens with one attached hydrogen (secondary N) is 1. The Morgan fingerprint density at radius 3 is 2.53 bits per heavy atom. The molecule has 2 atom stereocenters. The molecule has 2 unspecified atom stereocenters. The maximum Gasteiger partial charge on any atom is 0.124 e. The van der Waals surface area contributed by atoms with Crippen LogP contribution in [0.1, 0.15) is 18.4 Å². The third-order valence-corrected chi connectivity index (χ3v) is 4.29. The third kappa shape index (κ3) is 1.74. The number of aliphatic hydroxyl groups is 1. The summed E-state index contributed by atoms with van der Waals surface area (Å²) in [4.78, 5) is 0. The van der Waals surface area contributed by atoms with Crippen molar-refractivity contribution < 1.29 is 9.84 Å². The first-order chi connectivity index (χ1) is 8.23. The quantitative estimate of drug-likeness (QED) is 0.813. The molecule has 1 saturated heterocycles. The summed E-state index contributed by atoms with van der Waals surface area (Å²) in [5.74, 6) is 2.04. The van der Waals surface area contributed by atoms with Gasteiger partial charge in [-0.3, -0.25) is 0 Å². The monoisotopic (exact) mass is 233 g/mol. The number of hydrogen-bond acceptors (Lipinski definition) is 3. The van der Waals surface area contributed by atoms with Crippen LogP contribution in [0.15, 0.2) is 24.3 Å². The predicted octanol–water partition coefficient (Wildman–Crippen LogP) is 1.51. The summed E-state index contributed by atoms with van der Waals surface area (Å²) in [6.07, 6.45) is 1.70. The first-order valence-corrected chi connectivity index (χ1v) is 6.29. The maximum atomic E-state index is 10.9. The van der Waals surface area contributed by atoms with Gasteiger partial charge in [0.25, 0.3) is 0 Å². The molecule has 1 aromatic carbocycles. The van der Waals surface area contributed by atoms with E-state index in [0.29, 0.717) is 11.8 Å². The van der Waals surface area contributed by atoms with Crippen LogP contribution >= 0.6 is 0 Å². The maximum absolute atomic E-state index is 10.9. The highest BCUT2D eigenvalue weighted by Crippen LogP contribution is 2.49. The van der Waals surface area contributed by atoms with Gasteiger partial charge < -0.3 is 15.2 Å². The van der Waals surface area contributed by atoms with Crippen molar-refractivity contribution in [1.29, 1.82) is 0 Å². The molecular formula is C14H19NO2.